The van der Waals surface area contributed by atoms with E-state index in [1.165, 1.54) is 11.6 Å². The minimum absolute atomic E-state index is 0.289. The lowest BCUT2D eigenvalue weighted by Crippen LogP contribution is -2.29. The second-order valence-corrected chi connectivity index (χ2v) is 10.4. The molecule has 1 saturated heterocycles. The predicted octanol–water partition coefficient (Wildman–Crippen LogP) is 5.56. The van der Waals surface area contributed by atoms with E-state index in [0.717, 1.165) is 38.0 Å². The summed E-state index contributed by atoms with van der Waals surface area (Å²) < 4.78 is 29.6. The van der Waals surface area contributed by atoms with Crippen molar-refractivity contribution in [1.82, 2.24) is 9.88 Å². The molecule has 0 bridgehead atoms. The maximum Gasteiger partial charge on any atom is 0.191 e. The first-order valence-electron chi connectivity index (χ1n) is 10.1. The monoisotopic (exact) mass is 462 g/mol. The summed E-state index contributed by atoms with van der Waals surface area (Å²) in [6.45, 7) is 2.78. The van der Waals surface area contributed by atoms with Gasteiger partial charge in [-0.2, -0.15) is 0 Å². The third-order valence-corrected chi connectivity index (χ3v) is 8.15. The van der Waals surface area contributed by atoms with Gasteiger partial charge in [0, 0.05) is 34.2 Å². The Bertz CT molecular complexity index is 1150. The molecule has 0 amide bonds. The van der Waals surface area contributed by atoms with Gasteiger partial charge in [0.2, 0.25) is 0 Å². The standard InChI is InChI=1S/C23H24Cl2N2O2S/c24-11-8-22(18-4-2-1-3-5-18)30(28,29)23-16-27(15-17-9-12-26-13-10-17)21-7-6-19(25)14-20(21)23/h1-8,11,14,16-17,22,26H,9-10,12-13,15H2. The summed E-state index contributed by atoms with van der Waals surface area (Å²) in [7, 11) is -3.74. The molecule has 7 heteroatoms. The van der Waals surface area contributed by atoms with Gasteiger partial charge in [-0.3, -0.25) is 0 Å². The van der Waals surface area contributed by atoms with Crippen LogP contribution in [0.1, 0.15) is 23.7 Å². The van der Waals surface area contributed by atoms with Crippen LogP contribution in [0, 0.1) is 5.92 Å². The molecule has 2 aromatic carbocycles. The average Bonchev–Trinajstić information content (AvgIpc) is 3.11. The summed E-state index contributed by atoms with van der Waals surface area (Å²) in [6, 6.07) is 14.6. The van der Waals surface area contributed by atoms with Gasteiger partial charge in [-0.25, -0.2) is 8.42 Å². The SMILES string of the molecule is O=S(=O)(c1cn(CC2CCNCC2)c2ccc(Cl)cc12)C(C=CCl)c1ccccc1. The van der Waals surface area contributed by atoms with Crippen molar-refractivity contribution in [3.8, 4) is 0 Å². The number of halogens is 2. The molecule has 1 atom stereocenters. The van der Waals surface area contributed by atoms with Gasteiger partial charge in [0.25, 0.3) is 0 Å². The smallest absolute Gasteiger partial charge is 0.191 e. The molecule has 1 aliphatic heterocycles. The topological polar surface area (TPSA) is 51.1 Å². The van der Waals surface area contributed by atoms with E-state index in [-0.39, 0.29) is 4.90 Å². The lowest BCUT2D eigenvalue weighted by Gasteiger charge is -2.23. The van der Waals surface area contributed by atoms with E-state index in [1.807, 2.05) is 30.3 Å². The van der Waals surface area contributed by atoms with Crippen LogP contribution in [0.3, 0.4) is 0 Å². The van der Waals surface area contributed by atoms with Gasteiger partial charge < -0.3 is 9.88 Å². The van der Waals surface area contributed by atoms with Gasteiger partial charge in [-0.15, -0.1) is 0 Å². The van der Waals surface area contributed by atoms with Gasteiger partial charge >= 0.3 is 0 Å². The van der Waals surface area contributed by atoms with E-state index in [4.69, 9.17) is 23.2 Å². The first kappa shape index (κ1) is 21.4. The van der Waals surface area contributed by atoms with E-state index in [2.05, 4.69) is 9.88 Å². The van der Waals surface area contributed by atoms with E-state index in [1.54, 1.807) is 24.4 Å². The molecule has 0 aliphatic carbocycles. The number of fused-ring (bicyclic) bond motifs is 1. The highest BCUT2D eigenvalue weighted by molar-refractivity contribution is 7.92. The van der Waals surface area contributed by atoms with Crippen molar-refractivity contribution in [2.75, 3.05) is 13.1 Å². The first-order chi connectivity index (χ1) is 14.5. The number of nitrogens with zero attached hydrogens (tertiary/aromatic N) is 1. The van der Waals surface area contributed by atoms with Crippen LogP contribution < -0.4 is 5.32 Å². The zero-order valence-corrected chi connectivity index (χ0v) is 18.8. The molecule has 1 N–H and O–H groups in total. The van der Waals surface area contributed by atoms with Crippen LogP contribution in [-0.4, -0.2) is 26.1 Å². The number of sulfone groups is 1. The fraction of sp³-hybridized carbons (Fsp3) is 0.304. The van der Waals surface area contributed by atoms with Crippen LogP contribution >= 0.6 is 23.2 Å². The first-order valence-corrected chi connectivity index (χ1v) is 12.4. The molecule has 0 spiro atoms. The van der Waals surface area contributed by atoms with E-state index in [9.17, 15) is 8.42 Å². The average molecular weight is 463 g/mol. The fourth-order valence-corrected chi connectivity index (χ4v) is 6.42. The van der Waals surface area contributed by atoms with Crippen molar-refractivity contribution in [2.24, 2.45) is 5.92 Å². The Balaban J connectivity index is 1.83. The largest absolute Gasteiger partial charge is 0.346 e. The minimum atomic E-state index is -3.74. The van der Waals surface area contributed by atoms with Gasteiger partial charge in [0.1, 0.15) is 5.25 Å². The molecule has 4 rings (SSSR count). The lowest BCUT2D eigenvalue weighted by molar-refractivity contribution is 0.336. The van der Waals surface area contributed by atoms with Crippen molar-refractivity contribution in [2.45, 2.75) is 29.5 Å². The van der Waals surface area contributed by atoms with Crippen molar-refractivity contribution in [3.63, 3.8) is 0 Å². The van der Waals surface area contributed by atoms with Gasteiger partial charge in [0.05, 0.1) is 4.90 Å². The van der Waals surface area contributed by atoms with Crippen LogP contribution in [0.2, 0.25) is 5.02 Å². The maximum absolute atomic E-state index is 13.8. The summed E-state index contributed by atoms with van der Waals surface area (Å²) in [4.78, 5) is 0.289. The van der Waals surface area contributed by atoms with Crippen molar-refractivity contribution in [3.05, 3.63) is 76.9 Å². The van der Waals surface area contributed by atoms with Crippen molar-refractivity contribution in [1.29, 1.82) is 0 Å². The maximum atomic E-state index is 13.8. The molecule has 1 aliphatic rings. The lowest BCUT2D eigenvalue weighted by atomic mass is 9.98. The summed E-state index contributed by atoms with van der Waals surface area (Å²) in [6.07, 6.45) is 5.46. The number of nitrogens with one attached hydrogen (secondary N) is 1. The quantitative estimate of drug-likeness (QED) is 0.521. The summed E-state index contributed by atoms with van der Waals surface area (Å²) in [5.41, 5.74) is 2.84. The highest BCUT2D eigenvalue weighted by Crippen LogP contribution is 2.37. The third-order valence-electron chi connectivity index (χ3n) is 5.74. The number of piperidine rings is 1. The Hall–Kier alpha value is -1.79. The molecule has 1 unspecified atom stereocenters. The Morgan fingerprint density at radius 3 is 2.57 bits per heavy atom. The number of rotatable bonds is 6. The zero-order chi connectivity index (χ0) is 21.1. The molecule has 0 radical (unpaired) electrons. The molecule has 4 nitrogen and oxygen atoms in total. The van der Waals surface area contributed by atoms with Crippen molar-refractivity contribution < 1.29 is 8.42 Å². The normalized spacial score (nSPS) is 17.0. The van der Waals surface area contributed by atoms with Crippen LogP contribution in [0.25, 0.3) is 10.9 Å². The minimum Gasteiger partial charge on any atom is -0.346 e. The third kappa shape index (κ3) is 4.30. The van der Waals surface area contributed by atoms with Crippen LogP contribution in [0.4, 0.5) is 0 Å². The molecule has 3 aromatic rings. The van der Waals surface area contributed by atoms with E-state index >= 15 is 0 Å². The Morgan fingerprint density at radius 2 is 1.87 bits per heavy atom. The Kier molecular flexibility index (Phi) is 6.54. The Morgan fingerprint density at radius 1 is 1.13 bits per heavy atom. The van der Waals surface area contributed by atoms with Crippen LogP contribution in [-0.2, 0) is 16.4 Å². The molecule has 1 aromatic heterocycles. The molecular weight excluding hydrogens is 439 g/mol. The van der Waals surface area contributed by atoms with Gasteiger partial charge in [-0.05, 0) is 55.6 Å². The summed E-state index contributed by atoms with van der Waals surface area (Å²) in [5.74, 6) is 0.515. The highest BCUT2D eigenvalue weighted by atomic mass is 35.5. The van der Waals surface area contributed by atoms with E-state index < -0.39 is 15.1 Å². The predicted molar refractivity (Wildman–Crippen MR) is 124 cm³/mol. The van der Waals surface area contributed by atoms with E-state index in [0.29, 0.717) is 21.9 Å². The Labute approximate surface area is 187 Å². The number of benzene rings is 2. The highest BCUT2D eigenvalue weighted by Gasteiger charge is 2.31. The fourth-order valence-electron chi connectivity index (χ4n) is 4.20. The molecule has 2 heterocycles. The number of hydrogen-bond acceptors (Lipinski definition) is 3. The zero-order valence-electron chi connectivity index (χ0n) is 16.5. The molecule has 158 valence electrons. The summed E-state index contributed by atoms with van der Waals surface area (Å²) in [5, 5.41) is 3.68. The molecule has 1 fully saturated rings. The second-order valence-electron chi connectivity index (χ2n) is 7.70. The van der Waals surface area contributed by atoms with Crippen molar-refractivity contribution >= 4 is 43.9 Å². The van der Waals surface area contributed by atoms with Gasteiger partial charge in [0.15, 0.2) is 9.84 Å². The number of hydrogen-bond donors (Lipinski definition) is 1. The summed E-state index contributed by atoms with van der Waals surface area (Å²) >= 11 is 12.1. The molecule has 30 heavy (non-hydrogen) atoms. The molecular formula is C23H24Cl2N2O2S. The number of aromatic nitrogens is 1. The van der Waals surface area contributed by atoms with Crippen LogP contribution in [0.5, 0.6) is 0 Å². The van der Waals surface area contributed by atoms with Gasteiger partial charge in [-0.1, -0.05) is 59.6 Å². The second kappa shape index (κ2) is 9.15. The molecule has 0 saturated carbocycles. The van der Waals surface area contributed by atoms with Crippen LogP contribution in [0.15, 0.2) is 71.2 Å².